The van der Waals surface area contributed by atoms with Crippen molar-refractivity contribution in [3.8, 4) is 17.2 Å². The summed E-state index contributed by atoms with van der Waals surface area (Å²) in [5, 5.41) is 0. The maximum Gasteiger partial charge on any atom is 0.647 e. The Bertz CT molecular complexity index is 2100. The molecule has 0 aliphatic heterocycles. The molecular weight excluding hydrogens is 1280 g/mol. The minimum Gasteiger partial charge on any atom is -0.386 e. The second kappa shape index (κ2) is 71.9. The predicted octanol–water partition coefficient (Wildman–Crippen LogP) is 35.6. The Labute approximate surface area is 650 Å². The average Bonchev–Trinajstić information content (AvgIpc) is 0.798. The molecule has 3 rings (SSSR count). The molecule has 0 radical (unpaired) electrons. The van der Waals surface area contributed by atoms with Gasteiger partial charge in [0.25, 0.3) is 0 Å². The molecular formula is C99H177O4P. The first kappa shape index (κ1) is 95.5. The van der Waals surface area contributed by atoms with Crippen molar-refractivity contribution in [2.75, 3.05) is 0 Å². The molecule has 0 bridgehead atoms. The van der Waals surface area contributed by atoms with Crippen LogP contribution in [-0.4, -0.2) is 0 Å². The lowest BCUT2D eigenvalue weighted by molar-refractivity contribution is 0.295. The maximum atomic E-state index is 16.6. The molecule has 0 aliphatic rings. The third-order valence-corrected chi connectivity index (χ3v) is 24.4. The molecule has 0 saturated heterocycles. The zero-order valence-corrected chi connectivity index (χ0v) is 71.7. The molecule has 0 amide bonds. The van der Waals surface area contributed by atoms with E-state index in [4.69, 9.17) is 13.6 Å². The molecule has 0 heterocycles. The number of rotatable bonds is 81. The highest BCUT2D eigenvalue weighted by Crippen LogP contribution is 2.53. The standard InChI is InChI=1S/C99H177O4P/c1-7-13-19-25-31-34-37-40-43-46-49-52-55-61-67-73-79-94-88-91(76-70-64-58-28-22-16-10-4)82-85-97(94)101-104(100,102-98-86-83-92(77-71-65-59-29-23-17-11-5)89-95(98)80-74-68-62-56-53-50-47-44-41-38-35-32-26-20-14-8-2)103-99-87-84-93(78-72-66-60-30-24-18-12-6)90-96(99)81-75-69-63-57-54-51-48-45-42-39-36-33-27-21-15-9-3/h82-90H,7-81H2,1-6H3. The van der Waals surface area contributed by atoms with Crippen LogP contribution in [-0.2, 0) is 43.1 Å². The van der Waals surface area contributed by atoms with Crippen LogP contribution in [0.2, 0.25) is 0 Å². The lowest BCUT2D eigenvalue weighted by Gasteiger charge is -2.24. The lowest BCUT2D eigenvalue weighted by atomic mass is 9.99. The van der Waals surface area contributed by atoms with Gasteiger partial charge in [0.05, 0.1) is 0 Å². The summed E-state index contributed by atoms with van der Waals surface area (Å²) >= 11 is 0. The van der Waals surface area contributed by atoms with Gasteiger partial charge in [-0.2, -0.15) is 4.57 Å². The first-order valence-corrected chi connectivity index (χ1v) is 48.9. The first-order chi connectivity index (χ1) is 51.4. The van der Waals surface area contributed by atoms with Gasteiger partial charge in [-0.25, -0.2) is 0 Å². The molecule has 0 saturated carbocycles. The Morgan fingerprint density at radius 1 is 0.183 bits per heavy atom. The number of hydrogen-bond acceptors (Lipinski definition) is 4. The molecule has 602 valence electrons. The van der Waals surface area contributed by atoms with Crippen LogP contribution in [0.3, 0.4) is 0 Å². The lowest BCUT2D eigenvalue weighted by Crippen LogP contribution is -2.11. The second-order valence-corrected chi connectivity index (χ2v) is 34.8. The SMILES string of the molecule is CCCCCCCCCCCCCCCCCCc1cc(CCCCCCCCC)ccc1OP(=O)(Oc1ccc(CCCCCCCCC)cc1CCCCCCCCCCCCCCCCCC)Oc1ccc(CCCCCCCCC)cc1CCCCCCCCCCCCCCCCCC. The van der Waals surface area contributed by atoms with Gasteiger partial charge in [0.15, 0.2) is 0 Å². The molecule has 4 nitrogen and oxygen atoms in total. The molecule has 5 heteroatoms. The Balaban J connectivity index is 1.95. The van der Waals surface area contributed by atoms with Crippen LogP contribution in [0.1, 0.15) is 518 Å². The fourth-order valence-corrected chi connectivity index (χ4v) is 17.5. The zero-order valence-electron chi connectivity index (χ0n) is 70.8. The van der Waals surface area contributed by atoms with Gasteiger partial charge in [-0.05, 0) is 129 Å². The molecule has 0 fully saturated rings. The van der Waals surface area contributed by atoms with E-state index in [0.29, 0.717) is 17.2 Å². The molecule has 0 atom stereocenters. The number of hydrogen-bond donors (Lipinski definition) is 0. The van der Waals surface area contributed by atoms with Gasteiger partial charge in [0, 0.05) is 0 Å². The van der Waals surface area contributed by atoms with Gasteiger partial charge in [-0.3, -0.25) is 0 Å². The van der Waals surface area contributed by atoms with Crippen molar-refractivity contribution in [1.29, 1.82) is 0 Å². The largest absolute Gasteiger partial charge is 0.647 e. The third-order valence-electron chi connectivity index (χ3n) is 23.1. The summed E-state index contributed by atoms with van der Waals surface area (Å²) < 4.78 is 38.0. The van der Waals surface area contributed by atoms with E-state index < -0.39 is 7.82 Å². The number of phosphoric ester groups is 1. The highest BCUT2D eigenvalue weighted by Gasteiger charge is 2.36. The summed E-state index contributed by atoms with van der Waals surface area (Å²) in [6.45, 7) is 13.9. The Hall–Kier alpha value is -2.71. The van der Waals surface area contributed by atoms with E-state index >= 15 is 4.57 Å². The molecule has 3 aromatic carbocycles. The van der Waals surface area contributed by atoms with Crippen LogP contribution in [0.15, 0.2) is 54.6 Å². The van der Waals surface area contributed by atoms with Gasteiger partial charge in [-0.1, -0.05) is 482 Å². The van der Waals surface area contributed by atoms with Gasteiger partial charge in [0.2, 0.25) is 0 Å². The van der Waals surface area contributed by atoms with Crippen molar-refractivity contribution in [2.24, 2.45) is 0 Å². The van der Waals surface area contributed by atoms with E-state index in [9.17, 15) is 0 Å². The van der Waals surface area contributed by atoms with Crippen LogP contribution in [0, 0.1) is 0 Å². The molecule has 0 aliphatic carbocycles. The van der Waals surface area contributed by atoms with Gasteiger partial charge in [-0.15, -0.1) is 0 Å². The monoisotopic (exact) mass is 1460 g/mol. The van der Waals surface area contributed by atoms with E-state index in [-0.39, 0.29) is 0 Å². The van der Waals surface area contributed by atoms with Crippen molar-refractivity contribution < 1.29 is 18.1 Å². The summed E-state index contributed by atoms with van der Waals surface area (Å²) in [5.74, 6) is 2.01. The summed E-state index contributed by atoms with van der Waals surface area (Å²) in [6.07, 6.45) is 98.3. The van der Waals surface area contributed by atoms with Crippen LogP contribution < -0.4 is 13.6 Å². The van der Waals surface area contributed by atoms with Gasteiger partial charge in [0.1, 0.15) is 17.2 Å². The van der Waals surface area contributed by atoms with E-state index in [0.717, 1.165) is 74.5 Å². The molecule has 0 unspecified atom stereocenters. The van der Waals surface area contributed by atoms with Crippen LogP contribution >= 0.6 is 7.82 Å². The summed E-state index contributed by atoms with van der Waals surface area (Å²) in [5.41, 5.74) is 7.55. The number of aryl methyl sites for hydroxylation is 6. The Morgan fingerprint density at radius 2 is 0.317 bits per heavy atom. The van der Waals surface area contributed by atoms with Crippen LogP contribution in [0.4, 0.5) is 0 Å². The normalized spacial score (nSPS) is 11.8. The quantitative estimate of drug-likeness (QED) is 0.0417. The Morgan fingerprint density at radius 3 is 0.471 bits per heavy atom. The average molecular weight is 1460 g/mol. The molecule has 3 aromatic rings. The fourth-order valence-electron chi connectivity index (χ4n) is 16.1. The zero-order chi connectivity index (χ0) is 74.2. The van der Waals surface area contributed by atoms with E-state index in [1.54, 1.807) is 0 Å². The fraction of sp³-hybridized carbons (Fsp3) is 0.818. The number of unbranched alkanes of at least 4 members (excludes halogenated alkanes) is 63. The number of phosphoric acid groups is 1. The maximum absolute atomic E-state index is 16.6. The van der Waals surface area contributed by atoms with E-state index in [1.165, 1.54) is 440 Å². The van der Waals surface area contributed by atoms with Crippen LogP contribution in [0.5, 0.6) is 17.2 Å². The molecule has 0 spiro atoms. The first-order valence-electron chi connectivity index (χ1n) is 47.4. The highest BCUT2D eigenvalue weighted by molar-refractivity contribution is 7.49. The van der Waals surface area contributed by atoms with Crippen molar-refractivity contribution in [3.05, 3.63) is 88.0 Å². The smallest absolute Gasteiger partial charge is 0.386 e. The summed E-state index contributed by atoms with van der Waals surface area (Å²) in [7, 11) is -4.36. The predicted molar refractivity (Wildman–Crippen MR) is 464 cm³/mol. The number of benzene rings is 3. The molecule has 0 aromatic heterocycles. The summed E-state index contributed by atoms with van der Waals surface area (Å²) in [6, 6.07) is 20.4. The second-order valence-electron chi connectivity index (χ2n) is 33.3. The highest BCUT2D eigenvalue weighted by atomic mass is 31.2. The molecule has 0 N–H and O–H groups in total. The van der Waals surface area contributed by atoms with Crippen LogP contribution in [0.25, 0.3) is 0 Å². The van der Waals surface area contributed by atoms with Crippen molar-refractivity contribution in [3.63, 3.8) is 0 Å². The van der Waals surface area contributed by atoms with Crippen molar-refractivity contribution in [2.45, 2.75) is 523 Å². The van der Waals surface area contributed by atoms with Gasteiger partial charge < -0.3 is 13.6 Å². The Kier molecular flexibility index (Phi) is 66.0. The van der Waals surface area contributed by atoms with E-state index in [1.807, 2.05) is 0 Å². The van der Waals surface area contributed by atoms with Gasteiger partial charge >= 0.3 is 7.82 Å². The molecule has 104 heavy (non-hydrogen) atoms. The topological polar surface area (TPSA) is 44.8 Å². The minimum atomic E-state index is -4.36. The third kappa shape index (κ3) is 54.8. The summed E-state index contributed by atoms with van der Waals surface area (Å²) in [4.78, 5) is 0. The van der Waals surface area contributed by atoms with E-state index in [2.05, 4.69) is 96.1 Å². The minimum absolute atomic E-state index is 0.669. The van der Waals surface area contributed by atoms with Crippen molar-refractivity contribution in [1.82, 2.24) is 0 Å². The van der Waals surface area contributed by atoms with Crippen molar-refractivity contribution >= 4 is 7.82 Å².